The normalized spacial score (nSPS) is 20.8. The molecular formula is C11H13Cl2NO2. The largest absolute Gasteiger partial charge is 0.486 e. The summed E-state index contributed by atoms with van der Waals surface area (Å²) in [5.74, 6) is 0.574. The molecule has 0 aliphatic carbocycles. The second-order valence-corrected chi connectivity index (χ2v) is 4.58. The molecule has 16 heavy (non-hydrogen) atoms. The van der Waals surface area contributed by atoms with Crippen molar-refractivity contribution in [1.29, 1.82) is 0 Å². The molecule has 1 atom stereocenters. The summed E-state index contributed by atoms with van der Waals surface area (Å²) in [7, 11) is 0. The molecule has 1 saturated heterocycles. The molecule has 0 aromatic heterocycles. The lowest BCUT2D eigenvalue weighted by molar-refractivity contribution is 0.00776. The predicted octanol–water partition coefficient (Wildman–Crippen LogP) is 3.13. The maximum absolute atomic E-state index is 5.90. The fourth-order valence-corrected chi connectivity index (χ4v) is 1.96. The number of hydrogen-bond donors (Lipinski definition) is 1. The Kier molecular flexibility index (Phi) is 3.79. The van der Waals surface area contributed by atoms with Crippen LogP contribution in [0.5, 0.6) is 5.75 Å². The van der Waals surface area contributed by atoms with Gasteiger partial charge in [0.25, 0.3) is 0 Å². The Morgan fingerprint density at radius 3 is 2.75 bits per heavy atom. The van der Waals surface area contributed by atoms with Gasteiger partial charge in [-0.3, -0.25) is 0 Å². The number of rotatable bonds is 2. The van der Waals surface area contributed by atoms with Crippen molar-refractivity contribution < 1.29 is 9.47 Å². The first-order chi connectivity index (χ1) is 7.66. The molecule has 5 heteroatoms. The van der Waals surface area contributed by atoms with Crippen molar-refractivity contribution in [2.24, 2.45) is 0 Å². The van der Waals surface area contributed by atoms with Crippen molar-refractivity contribution in [2.45, 2.75) is 18.9 Å². The zero-order valence-electron chi connectivity index (χ0n) is 8.71. The third kappa shape index (κ3) is 2.73. The Morgan fingerprint density at radius 1 is 1.31 bits per heavy atom. The van der Waals surface area contributed by atoms with Crippen LogP contribution in [0.3, 0.4) is 0 Å². The topological polar surface area (TPSA) is 44.5 Å². The van der Waals surface area contributed by atoms with Gasteiger partial charge in [0.15, 0.2) is 0 Å². The highest BCUT2D eigenvalue weighted by Gasteiger charge is 2.17. The summed E-state index contributed by atoms with van der Waals surface area (Å²) < 4.78 is 11.1. The van der Waals surface area contributed by atoms with Crippen molar-refractivity contribution in [3.63, 3.8) is 0 Å². The van der Waals surface area contributed by atoms with Crippen LogP contribution in [-0.2, 0) is 4.74 Å². The Balaban J connectivity index is 2.11. The standard InChI is InChI=1S/C11H13Cl2NO2/c12-8-4-10(14)11(5-9(8)13)16-7-2-1-3-15-6-7/h4-5,7H,1-3,6,14H2. The zero-order valence-corrected chi connectivity index (χ0v) is 10.2. The highest BCUT2D eigenvalue weighted by Crippen LogP contribution is 2.33. The molecule has 0 radical (unpaired) electrons. The lowest BCUT2D eigenvalue weighted by atomic mass is 10.2. The van der Waals surface area contributed by atoms with Gasteiger partial charge in [0.1, 0.15) is 11.9 Å². The van der Waals surface area contributed by atoms with E-state index in [9.17, 15) is 0 Å². The van der Waals surface area contributed by atoms with Gasteiger partial charge in [-0.15, -0.1) is 0 Å². The fraction of sp³-hybridized carbons (Fsp3) is 0.455. The molecule has 1 unspecified atom stereocenters. The van der Waals surface area contributed by atoms with E-state index in [1.54, 1.807) is 12.1 Å². The van der Waals surface area contributed by atoms with Gasteiger partial charge in [0, 0.05) is 12.7 Å². The Labute approximate surface area is 104 Å². The molecule has 0 amide bonds. The highest BCUT2D eigenvalue weighted by molar-refractivity contribution is 6.42. The van der Waals surface area contributed by atoms with Crippen LogP contribution < -0.4 is 10.5 Å². The maximum Gasteiger partial charge on any atom is 0.144 e. The lowest BCUT2D eigenvalue weighted by Gasteiger charge is -2.24. The van der Waals surface area contributed by atoms with Crippen molar-refractivity contribution in [3.8, 4) is 5.75 Å². The number of halogens is 2. The molecule has 1 aromatic carbocycles. The van der Waals surface area contributed by atoms with E-state index in [-0.39, 0.29) is 6.10 Å². The molecule has 3 nitrogen and oxygen atoms in total. The minimum absolute atomic E-state index is 0.0493. The number of benzene rings is 1. The molecular weight excluding hydrogens is 249 g/mol. The van der Waals surface area contributed by atoms with Gasteiger partial charge in [-0.2, -0.15) is 0 Å². The van der Waals surface area contributed by atoms with Crippen LogP contribution in [0.1, 0.15) is 12.8 Å². The molecule has 2 N–H and O–H groups in total. The summed E-state index contributed by atoms with van der Waals surface area (Å²) in [6.45, 7) is 1.40. The van der Waals surface area contributed by atoms with Gasteiger partial charge in [-0.25, -0.2) is 0 Å². The summed E-state index contributed by atoms with van der Waals surface area (Å²) in [4.78, 5) is 0. The third-order valence-corrected chi connectivity index (χ3v) is 3.19. The lowest BCUT2D eigenvalue weighted by Crippen LogP contribution is -2.28. The molecule has 0 bridgehead atoms. The van der Waals surface area contributed by atoms with E-state index >= 15 is 0 Å². The van der Waals surface area contributed by atoms with Gasteiger partial charge in [-0.05, 0) is 18.9 Å². The van der Waals surface area contributed by atoms with E-state index in [0.29, 0.717) is 28.1 Å². The van der Waals surface area contributed by atoms with Crippen molar-refractivity contribution in [3.05, 3.63) is 22.2 Å². The molecule has 1 aromatic rings. The number of nitrogen functional groups attached to an aromatic ring is 1. The zero-order chi connectivity index (χ0) is 11.5. The van der Waals surface area contributed by atoms with Gasteiger partial charge >= 0.3 is 0 Å². The quantitative estimate of drug-likeness (QED) is 0.833. The van der Waals surface area contributed by atoms with Crippen molar-refractivity contribution in [1.82, 2.24) is 0 Å². The molecule has 1 aliphatic rings. The van der Waals surface area contributed by atoms with E-state index in [0.717, 1.165) is 19.4 Å². The van der Waals surface area contributed by atoms with Gasteiger partial charge in [0.2, 0.25) is 0 Å². The van der Waals surface area contributed by atoms with Crippen LogP contribution in [0.4, 0.5) is 5.69 Å². The number of anilines is 1. The minimum Gasteiger partial charge on any atom is -0.486 e. The molecule has 1 aliphatic heterocycles. The average molecular weight is 262 g/mol. The Morgan fingerprint density at radius 2 is 2.06 bits per heavy atom. The monoisotopic (exact) mass is 261 g/mol. The first-order valence-electron chi connectivity index (χ1n) is 5.16. The smallest absolute Gasteiger partial charge is 0.144 e. The molecule has 0 saturated carbocycles. The van der Waals surface area contributed by atoms with Crippen LogP contribution >= 0.6 is 23.2 Å². The second-order valence-electron chi connectivity index (χ2n) is 3.76. The minimum atomic E-state index is 0.0493. The third-order valence-electron chi connectivity index (χ3n) is 2.46. The summed E-state index contributed by atoms with van der Waals surface area (Å²) in [6.07, 6.45) is 2.03. The Hall–Kier alpha value is -0.640. The molecule has 88 valence electrons. The predicted molar refractivity (Wildman–Crippen MR) is 65.3 cm³/mol. The maximum atomic E-state index is 5.90. The van der Waals surface area contributed by atoms with E-state index in [1.165, 1.54) is 0 Å². The van der Waals surface area contributed by atoms with Crippen LogP contribution in [0, 0.1) is 0 Å². The summed E-state index contributed by atoms with van der Waals surface area (Å²) in [5, 5.41) is 0.883. The summed E-state index contributed by atoms with van der Waals surface area (Å²) >= 11 is 11.7. The summed E-state index contributed by atoms with van der Waals surface area (Å²) in [5.41, 5.74) is 6.30. The first kappa shape index (κ1) is 11.8. The van der Waals surface area contributed by atoms with E-state index < -0.39 is 0 Å². The SMILES string of the molecule is Nc1cc(Cl)c(Cl)cc1OC1CCCOC1. The van der Waals surface area contributed by atoms with E-state index in [4.69, 9.17) is 38.4 Å². The molecule has 1 fully saturated rings. The van der Waals surface area contributed by atoms with Crippen LogP contribution in [0.15, 0.2) is 12.1 Å². The van der Waals surface area contributed by atoms with Gasteiger partial charge in [-0.1, -0.05) is 23.2 Å². The number of nitrogens with two attached hydrogens (primary N) is 1. The number of hydrogen-bond acceptors (Lipinski definition) is 3. The summed E-state index contributed by atoms with van der Waals surface area (Å²) in [6, 6.07) is 3.25. The average Bonchev–Trinajstić information content (AvgIpc) is 2.27. The van der Waals surface area contributed by atoms with Crippen molar-refractivity contribution >= 4 is 28.9 Å². The molecule has 1 heterocycles. The van der Waals surface area contributed by atoms with Gasteiger partial charge < -0.3 is 15.2 Å². The van der Waals surface area contributed by atoms with E-state index in [1.807, 2.05) is 0 Å². The molecule has 2 rings (SSSR count). The van der Waals surface area contributed by atoms with Crippen LogP contribution in [0.25, 0.3) is 0 Å². The number of ether oxygens (including phenoxy) is 2. The highest BCUT2D eigenvalue weighted by atomic mass is 35.5. The van der Waals surface area contributed by atoms with Crippen LogP contribution in [-0.4, -0.2) is 19.3 Å². The first-order valence-corrected chi connectivity index (χ1v) is 5.91. The Bertz CT molecular complexity index is 378. The van der Waals surface area contributed by atoms with Crippen LogP contribution in [0.2, 0.25) is 10.0 Å². The van der Waals surface area contributed by atoms with Crippen molar-refractivity contribution in [2.75, 3.05) is 18.9 Å². The van der Waals surface area contributed by atoms with E-state index in [2.05, 4.69) is 0 Å². The molecule has 0 spiro atoms. The second kappa shape index (κ2) is 5.13. The fourth-order valence-electron chi connectivity index (χ4n) is 1.63. The van der Waals surface area contributed by atoms with Gasteiger partial charge in [0.05, 0.1) is 22.3 Å².